The number of anilines is 1. The van der Waals surface area contributed by atoms with Crippen molar-refractivity contribution in [2.75, 3.05) is 25.5 Å². The normalized spacial score (nSPS) is 15.1. The SMILES string of the molecule is CNC1CCN(C(=O)c2ccc(Cl)cc2NC(=O)c2ccoc2C)CC1. The summed E-state index contributed by atoms with van der Waals surface area (Å²) in [6.45, 7) is 3.08. The Kier molecular flexibility index (Phi) is 5.64. The Labute approximate surface area is 157 Å². The van der Waals surface area contributed by atoms with Gasteiger partial charge in [0.05, 0.1) is 23.1 Å². The number of carbonyl (C=O) groups is 2. The van der Waals surface area contributed by atoms with E-state index in [0.717, 1.165) is 12.8 Å². The Hall–Kier alpha value is -2.31. The number of rotatable bonds is 4. The third-order valence-corrected chi connectivity index (χ3v) is 4.99. The molecule has 1 aliphatic rings. The van der Waals surface area contributed by atoms with E-state index in [1.165, 1.54) is 6.26 Å². The average molecular weight is 376 g/mol. The number of nitrogens with one attached hydrogen (secondary N) is 2. The van der Waals surface area contributed by atoms with Crippen LogP contribution in [0, 0.1) is 6.92 Å². The van der Waals surface area contributed by atoms with Gasteiger partial charge in [-0.15, -0.1) is 0 Å². The van der Waals surface area contributed by atoms with Gasteiger partial charge in [0.25, 0.3) is 11.8 Å². The lowest BCUT2D eigenvalue weighted by Crippen LogP contribution is -2.44. The number of hydrogen-bond acceptors (Lipinski definition) is 4. The van der Waals surface area contributed by atoms with Gasteiger partial charge < -0.3 is 20.0 Å². The van der Waals surface area contributed by atoms with E-state index in [4.69, 9.17) is 16.0 Å². The molecule has 0 spiro atoms. The smallest absolute Gasteiger partial charge is 0.259 e. The van der Waals surface area contributed by atoms with E-state index in [-0.39, 0.29) is 11.8 Å². The standard InChI is InChI=1S/C19H22ClN3O3/c1-12-15(7-10-26-12)18(24)22-17-11-13(20)3-4-16(17)19(25)23-8-5-14(21-2)6-9-23/h3-4,7,10-11,14,21H,5-6,8-9H2,1-2H3,(H,22,24). The van der Waals surface area contributed by atoms with E-state index in [1.54, 1.807) is 31.2 Å². The first kappa shape index (κ1) is 18.5. The Balaban J connectivity index is 1.81. The second-order valence-corrected chi connectivity index (χ2v) is 6.83. The molecular formula is C19H22ClN3O3. The van der Waals surface area contributed by atoms with E-state index in [0.29, 0.717) is 46.7 Å². The highest BCUT2D eigenvalue weighted by Crippen LogP contribution is 2.25. The van der Waals surface area contributed by atoms with Gasteiger partial charge >= 0.3 is 0 Å². The van der Waals surface area contributed by atoms with E-state index >= 15 is 0 Å². The molecule has 1 fully saturated rings. The summed E-state index contributed by atoms with van der Waals surface area (Å²) in [5.41, 5.74) is 1.27. The summed E-state index contributed by atoms with van der Waals surface area (Å²) in [6, 6.07) is 6.95. The molecule has 0 saturated carbocycles. The van der Waals surface area contributed by atoms with Gasteiger partial charge in [0.15, 0.2) is 0 Å². The van der Waals surface area contributed by atoms with E-state index in [2.05, 4.69) is 10.6 Å². The number of likely N-dealkylation sites (tertiary alicyclic amines) is 1. The van der Waals surface area contributed by atoms with Crippen LogP contribution in [0.2, 0.25) is 5.02 Å². The monoisotopic (exact) mass is 375 g/mol. The van der Waals surface area contributed by atoms with Gasteiger partial charge in [-0.2, -0.15) is 0 Å². The summed E-state index contributed by atoms with van der Waals surface area (Å²) < 4.78 is 5.17. The Bertz CT molecular complexity index is 810. The molecule has 0 unspecified atom stereocenters. The number of furan rings is 1. The molecule has 2 amide bonds. The lowest BCUT2D eigenvalue weighted by Gasteiger charge is -2.32. The highest BCUT2D eigenvalue weighted by Gasteiger charge is 2.25. The van der Waals surface area contributed by atoms with Crippen molar-refractivity contribution < 1.29 is 14.0 Å². The molecule has 1 aromatic heterocycles. The number of piperidine rings is 1. The molecule has 0 aliphatic carbocycles. The number of benzene rings is 1. The maximum absolute atomic E-state index is 13.0. The molecule has 1 aromatic carbocycles. The van der Waals surface area contributed by atoms with E-state index in [9.17, 15) is 9.59 Å². The maximum Gasteiger partial charge on any atom is 0.259 e. The predicted octanol–water partition coefficient (Wildman–Crippen LogP) is 3.32. The van der Waals surface area contributed by atoms with Gasteiger partial charge in [-0.1, -0.05) is 11.6 Å². The van der Waals surface area contributed by atoms with Crippen LogP contribution in [-0.2, 0) is 0 Å². The van der Waals surface area contributed by atoms with Crippen LogP contribution < -0.4 is 10.6 Å². The average Bonchev–Trinajstić information content (AvgIpc) is 3.07. The second kappa shape index (κ2) is 7.93. The summed E-state index contributed by atoms with van der Waals surface area (Å²) in [6.07, 6.45) is 3.28. The van der Waals surface area contributed by atoms with Crippen molar-refractivity contribution in [1.82, 2.24) is 10.2 Å². The number of carbonyl (C=O) groups excluding carboxylic acids is 2. The molecule has 0 bridgehead atoms. The fraction of sp³-hybridized carbons (Fsp3) is 0.368. The Morgan fingerprint density at radius 1 is 1.19 bits per heavy atom. The molecule has 7 heteroatoms. The van der Waals surface area contributed by atoms with Gasteiger partial charge in [-0.25, -0.2) is 0 Å². The molecule has 1 saturated heterocycles. The van der Waals surface area contributed by atoms with E-state index in [1.807, 2.05) is 11.9 Å². The molecule has 0 atom stereocenters. The molecule has 2 aromatic rings. The minimum absolute atomic E-state index is 0.101. The molecule has 26 heavy (non-hydrogen) atoms. The third kappa shape index (κ3) is 3.92. The van der Waals surface area contributed by atoms with Gasteiger partial charge in [-0.05, 0) is 51.1 Å². The van der Waals surface area contributed by atoms with Crippen molar-refractivity contribution in [3.8, 4) is 0 Å². The van der Waals surface area contributed by atoms with Crippen LogP contribution in [0.5, 0.6) is 0 Å². The molecule has 1 aliphatic heterocycles. The predicted molar refractivity (Wildman–Crippen MR) is 101 cm³/mol. The van der Waals surface area contributed by atoms with Crippen LogP contribution in [-0.4, -0.2) is 42.9 Å². The molecular weight excluding hydrogens is 354 g/mol. The fourth-order valence-electron chi connectivity index (χ4n) is 3.16. The summed E-state index contributed by atoms with van der Waals surface area (Å²) in [4.78, 5) is 27.3. The van der Waals surface area contributed by atoms with Gasteiger partial charge in [-0.3, -0.25) is 9.59 Å². The Morgan fingerprint density at radius 3 is 2.54 bits per heavy atom. The number of halogens is 1. The first-order chi connectivity index (χ1) is 12.5. The third-order valence-electron chi connectivity index (χ3n) is 4.75. The number of hydrogen-bond donors (Lipinski definition) is 2. The summed E-state index contributed by atoms with van der Waals surface area (Å²) in [5, 5.41) is 6.49. The molecule has 0 radical (unpaired) electrons. The van der Waals surface area contributed by atoms with Gasteiger partial charge in [0.2, 0.25) is 0 Å². The summed E-state index contributed by atoms with van der Waals surface area (Å²) in [7, 11) is 1.94. The quantitative estimate of drug-likeness (QED) is 0.859. The van der Waals surface area contributed by atoms with Crippen LogP contribution >= 0.6 is 11.6 Å². The lowest BCUT2D eigenvalue weighted by atomic mass is 10.0. The van der Waals surface area contributed by atoms with Crippen molar-refractivity contribution in [3.05, 3.63) is 52.4 Å². The van der Waals surface area contributed by atoms with Crippen molar-refractivity contribution in [2.24, 2.45) is 0 Å². The highest BCUT2D eigenvalue weighted by atomic mass is 35.5. The fourth-order valence-corrected chi connectivity index (χ4v) is 3.33. The first-order valence-electron chi connectivity index (χ1n) is 8.61. The van der Waals surface area contributed by atoms with Crippen LogP contribution in [0.25, 0.3) is 0 Å². The minimum atomic E-state index is -0.332. The van der Waals surface area contributed by atoms with Crippen LogP contribution in [0.15, 0.2) is 34.9 Å². The van der Waals surface area contributed by atoms with Crippen molar-refractivity contribution in [3.63, 3.8) is 0 Å². The highest BCUT2D eigenvalue weighted by molar-refractivity contribution is 6.31. The van der Waals surface area contributed by atoms with Crippen molar-refractivity contribution >= 4 is 29.1 Å². The topological polar surface area (TPSA) is 74.6 Å². The summed E-state index contributed by atoms with van der Waals surface area (Å²) >= 11 is 6.08. The number of aryl methyl sites for hydroxylation is 1. The first-order valence-corrected chi connectivity index (χ1v) is 8.99. The van der Waals surface area contributed by atoms with Crippen LogP contribution in [0.3, 0.4) is 0 Å². The zero-order chi connectivity index (χ0) is 18.7. The van der Waals surface area contributed by atoms with Gasteiger partial charge in [0, 0.05) is 24.2 Å². The maximum atomic E-state index is 13.0. The van der Waals surface area contributed by atoms with Crippen molar-refractivity contribution in [2.45, 2.75) is 25.8 Å². The zero-order valence-corrected chi connectivity index (χ0v) is 15.6. The zero-order valence-electron chi connectivity index (χ0n) is 14.8. The van der Waals surface area contributed by atoms with Crippen molar-refractivity contribution in [1.29, 1.82) is 0 Å². The lowest BCUT2D eigenvalue weighted by molar-refractivity contribution is 0.0708. The second-order valence-electron chi connectivity index (χ2n) is 6.39. The molecule has 2 heterocycles. The molecule has 3 rings (SSSR count). The van der Waals surface area contributed by atoms with Crippen LogP contribution in [0.4, 0.5) is 5.69 Å². The largest absolute Gasteiger partial charge is 0.469 e. The molecule has 138 valence electrons. The molecule has 6 nitrogen and oxygen atoms in total. The minimum Gasteiger partial charge on any atom is -0.469 e. The van der Waals surface area contributed by atoms with Crippen LogP contribution in [0.1, 0.15) is 39.3 Å². The van der Waals surface area contributed by atoms with Gasteiger partial charge in [0.1, 0.15) is 5.76 Å². The Morgan fingerprint density at radius 2 is 1.92 bits per heavy atom. The number of amides is 2. The number of nitrogens with zero attached hydrogens (tertiary/aromatic N) is 1. The van der Waals surface area contributed by atoms with E-state index < -0.39 is 0 Å². The molecule has 2 N–H and O–H groups in total. The summed E-state index contributed by atoms with van der Waals surface area (Å²) in [5.74, 6) is 0.0865.